The zero-order chi connectivity index (χ0) is 20.3. The summed E-state index contributed by atoms with van der Waals surface area (Å²) in [6, 6.07) is 6.31. The van der Waals surface area contributed by atoms with Gasteiger partial charge in [0, 0.05) is 30.3 Å². The van der Waals surface area contributed by atoms with Gasteiger partial charge in [-0.1, -0.05) is 12.8 Å². The summed E-state index contributed by atoms with van der Waals surface area (Å²) in [5.41, 5.74) is 5.96. The standard InChI is InChI=1S/C20H25N3O5/c1-12(19(26)22-15-8-6-13(7-9-15)18(21)25)28-20(27)14-10-17(24)23(11-14)16-4-2-3-5-16/h6-9,12,14,16H,2-5,10-11H2,1H3,(H2,21,25)(H,22,26)/t12-,14+/m0/s1. The van der Waals surface area contributed by atoms with Crippen LogP contribution in [0.1, 0.15) is 49.4 Å². The number of nitrogens with one attached hydrogen (secondary N) is 1. The third kappa shape index (κ3) is 4.49. The minimum absolute atomic E-state index is 0.0134. The molecule has 8 heteroatoms. The summed E-state index contributed by atoms with van der Waals surface area (Å²) in [5.74, 6) is -2.12. The second-order valence-electron chi connectivity index (χ2n) is 7.40. The molecule has 1 saturated heterocycles. The highest BCUT2D eigenvalue weighted by molar-refractivity contribution is 5.97. The Bertz CT molecular complexity index is 771. The highest BCUT2D eigenvalue weighted by Gasteiger charge is 2.40. The number of primary amides is 1. The van der Waals surface area contributed by atoms with Gasteiger partial charge in [-0.15, -0.1) is 0 Å². The molecule has 2 aliphatic rings. The number of benzene rings is 1. The SMILES string of the molecule is C[C@H](OC(=O)[C@@H]1CC(=O)N(C2CCCC2)C1)C(=O)Nc1ccc(C(N)=O)cc1. The Kier molecular flexibility index (Phi) is 5.96. The van der Waals surface area contributed by atoms with E-state index in [9.17, 15) is 19.2 Å². The lowest BCUT2D eigenvalue weighted by atomic mass is 10.1. The number of carbonyl (C=O) groups excluding carboxylic acids is 4. The maximum atomic E-state index is 12.4. The third-order valence-electron chi connectivity index (χ3n) is 5.36. The van der Waals surface area contributed by atoms with E-state index in [2.05, 4.69) is 5.32 Å². The predicted molar refractivity (Wildman–Crippen MR) is 101 cm³/mol. The molecule has 3 N–H and O–H groups in total. The van der Waals surface area contributed by atoms with Crippen LogP contribution < -0.4 is 11.1 Å². The first kappa shape index (κ1) is 19.9. The van der Waals surface area contributed by atoms with Crippen LogP contribution in [0.5, 0.6) is 0 Å². The van der Waals surface area contributed by atoms with Crippen molar-refractivity contribution in [3.63, 3.8) is 0 Å². The molecular weight excluding hydrogens is 362 g/mol. The van der Waals surface area contributed by atoms with Gasteiger partial charge in [0.05, 0.1) is 5.92 Å². The second kappa shape index (κ2) is 8.41. The molecule has 0 spiro atoms. The van der Waals surface area contributed by atoms with Crippen LogP contribution in [0.25, 0.3) is 0 Å². The number of anilines is 1. The molecule has 150 valence electrons. The summed E-state index contributed by atoms with van der Waals surface area (Å²) >= 11 is 0. The van der Waals surface area contributed by atoms with Crippen LogP contribution in [-0.4, -0.2) is 47.3 Å². The molecule has 0 radical (unpaired) electrons. The quantitative estimate of drug-likeness (QED) is 0.716. The monoisotopic (exact) mass is 387 g/mol. The molecule has 1 aliphatic carbocycles. The number of rotatable bonds is 6. The summed E-state index contributed by atoms with van der Waals surface area (Å²) in [5, 5.41) is 2.62. The summed E-state index contributed by atoms with van der Waals surface area (Å²) in [7, 11) is 0. The molecule has 0 bridgehead atoms. The summed E-state index contributed by atoms with van der Waals surface area (Å²) in [4.78, 5) is 49.8. The van der Waals surface area contributed by atoms with Crippen LogP contribution in [0.2, 0.25) is 0 Å². The van der Waals surface area contributed by atoms with Gasteiger partial charge in [0.25, 0.3) is 5.91 Å². The fourth-order valence-corrected chi connectivity index (χ4v) is 3.74. The average Bonchev–Trinajstić information content (AvgIpc) is 3.31. The Morgan fingerprint density at radius 1 is 1.18 bits per heavy atom. The number of amides is 3. The maximum absolute atomic E-state index is 12.4. The van der Waals surface area contributed by atoms with Gasteiger partial charge < -0.3 is 20.7 Å². The molecule has 0 aromatic heterocycles. The highest BCUT2D eigenvalue weighted by atomic mass is 16.5. The fourth-order valence-electron chi connectivity index (χ4n) is 3.74. The lowest BCUT2D eigenvalue weighted by Crippen LogP contribution is -2.36. The number of nitrogens with zero attached hydrogens (tertiary/aromatic N) is 1. The smallest absolute Gasteiger partial charge is 0.312 e. The van der Waals surface area contributed by atoms with E-state index in [1.807, 2.05) is 0 Å². The number of likely N-dealkylation sites (tertiary alicyclic amines) is 1. The van der Waals surface area contributed by atoms with Crippen molar-refractivity contribution in [2.75, 3.05) is 11.9 Å². The van der Waals surface area contributed by atoms with Gasteiger partial charge in [0.1, 0.15) is 0 Å². The molecule has 1 aliphatic heterocycles. The lowest BCUT2D eigenvalue weighted by Gasteiger charge is -2.24. The minimum Gasteiger partial charge on any atom is -0.452 e. The van der Waals surface area contributed by atoms with Gasteiger partial charge in [0.2, 0.25) is 11.8 Å². The van der Waals surface area contributed by atoms with Crippen molar-refractivity contribution < 1.29 is 23.9 Å². The first-order valence-electron chi connectivity index (χ1n) is 9.56. The lowest BCUT2D eigenvalue weighted by molar-refractivity contribution is -0.157. The maximum Gasteiger partial charge on any atom is 0.312 e. The van der Waals surface area contributed by atoms with Gasteiger partial charge in [-0.05, 0) is 44.0 Å². The van der Waals surface area contributed by atoms with Crippen LogP contribution in [0.15, 0.2) is 24.3 Å². The molecule has 28 heavy (non-hydrogen) atoms. The molecule has 1 aromatic carbocycles. The number of nitrogens with two attached hydrogens (primary N) is 1. The van der Waals surface area contributed by atoms with Crippen LogP contribution in [0, 0.1) is 5.92 Å². The number of ether oxygens (including phenoxy) is 1. The summed E-state index contributed by atoms with van der Waals surface area (Å²) < 4.78 is 5.29. The van der Waals surface area contributed by atoms with E-state index in [4.69, 9.17) is 10.5 Å². The van der Waals surface area contributed by atoms with E-state index in [-0.39, 0.29) is 18.4 Å². The summed E-state index contributed by atoms with van der Waals surface area (Å²) in [6.07, 6.45) is 3.33. The van der Waals surface area contributed by atoms with Crippen molar-refractivity contribution in [2.24, 2.45) is 11.7 Å². The van der Waals surface area contributed by atoms with Gasteiger partial charge in [-0.2, -0.15) is 0 Å². The zero-order valence-electron chi connectivity index (χ0n) is 15.8. The molecule has 8 nitrogen and oxygen atoms in total. The van der Waals surface area contributed by atoms with E-state index in [0.29, 0.717) is 17.8 Å². The van der Waals surface area contributed by atoms with Crippen molar-refractivity contribution in [1.82, 2.24) is 4.90 Å². The van der Waals surface area contributed by atoms with E-state index in [1.54, 1.807) is 17.0 Å². The third-order valence-corrected chi connectivity index (χ3v) is 5.36. The first-order valence-corrected chi connectivity index (χ1v) is 9.56. The van der Waals surface area contributed by atoms with Crippen LogP contribution in [-0.2, 0) is 19.1 Å². The van der Waals surface area contributed by atoms with Gasteiger partial charge >= 0.3 is 5.97 Å². The Balaban J connectivity index is 1.51. The zero-order valence-corrected chi connectivity index (χ0v) is 15.8. The normalized spacial score (nSPS) is 20.8. The Hall–Kier alpha value is -2.90. The average molecular weight is 387 g/mol. The number of carbonyl (C=O) groups is 4. The highest BCUT2D eigenvalue weighted by Crippen LogP contribution is 2.30. The Labute approximate surface area is 163 Å². The summed E-state index contributed by atoms with van der Waals surface area (Å²) in [6.45, 7) is 1.85. The van der Waals surface area contributed by atoms with E-state index in [0.717, 1.165) is 25.7 Å². The molecule has 2 atom stereocenters. The molecule has 0 unspecified atom stereocenters. The molecule has 3 rings (SSSR count). The van der Waals surface area contributed by atoms with E-state index in [1.165, 1.54) is 19.1 Å². The second-order valence-corrected chi connectivity index (χ2v) is 7.40. The largest absolute Gasteiger partial charge is 0.452 e. The number of esters is 1. The van der Waals surface area contributed by atoms with Crippen molar-refractivity contribution in [3.05, 3.63) is 29.8 Å². The first-order chi connectivity index (χ1) is 13.3. The van der Waals surface area contributed by atoms with Gasteiger partial charge in [-0.25, -0.2) is 0 Å². The van der Waals surface area contributed by atoms with Gasteiger partial charge in [0.15, 0.2) is 6.10 Å². The molecule has 3 amide bonds. The van der Waals surface area contributed by atoms with Crippen molar-refractivity contribution in [2.45, 2.75) is 51.2 Å². The molecular formula is C20H25N3O5. The molecule has 2 fully saturated rings. The molecule has 1 aromatic rings. The Morgan fingerprint density at radius 3 is 2.43 bits per heavy atom. The van der Waals surface area contributed by atoms with Crippen LogP contribution >= 0.6 is 0 Å². The number of hydrogen-bond donors (Lipinski definition) is 2. The van der Waals surface area contributed by atoms with Crippen LogP contribution in [0.3, 0.4) is 0 Å². The van der Waals surface area contributed by atoms with E-state index >= 15 is 0 Å². The van der Waals surface area contributed by atoms with E-state index < -0.39 is 29.8 Å². The van der Waals surface area contributed by atoms with Crippen molar-refractivity contribution in [3.8, 4) is 0 Å². The number of hydrogen-bond acceptors (Lipinski definition) is 5. The molecule has 1 heterocycles. The van der Waals surface area contributed by atoms with Crippen molar-refractivity contribution in [1.29, 1.82) is 0 Å². The van der Waals surface area contributed by atoms with Crippen molar-refractivity contribution >= 4 is 29.4 Å². The van der Waals surface area contributed by atoms with Gasteiger partial charge in [-0.3, -0.25) is 19.2 Å². The fraction of sp³-hybridized carbons (Fsp3) is 0.500. The minimum atomic E-state index is -1.00. The Morgan fingerprint density at radius 2 is 1.82 bits per heavy atom. The predicted octanol–water partition coefficient (Wildman–Crippen LogP) is 1.45. The van der Waals surface area contributed by atoms with Crippen LogP contribution in [0.4, 0.5) is 5.69 Å². The molecule has 1 saturated carbocycles. The topological polar surface area (TPSA) is 119 Å².